The van der Waals surface area contributed by atoms with E-state index in [4.69, 9.17) is 4.42 Å². The van der Waals surface area contributed by atoms with Crippen LogP contribution in [0.25, 0.3) is 11.5 Å². The zero-order valence-corrected chi connectivity index (χ0v) is 9.81. The number of benzene rings is 1. The fourth-order valence-electron chi connectivity index (χ4n) is 1.50. The highest BCUT2D eigenvalue weighted by Gasteiger charge is 2.07. The molecule has 0 radical (unpaired) electrons. The summed E-state index contributed by atoms with van der Waals surface area (Å²) in [6.07, 6.45) is 1.79. The van der Waals surface area contributed by atoms with Gasteiger partial charge in [-0.2, -0.15) is 0 Å². The van der Waals surface area contributed by atoms with E-state index in [0.29, 0.717) is 18.3 Å². The van der Waals surface area contributed by atoms with Gasteiger partial charge in [0, 0.05) is 12.1 Å². The van der Waals surface area contributed by atoms with Gasteiger partial charge in [-0.3, -0.25) is 0 Å². The van der Waals surface area contributed by atoms with E-state index in [1.54, 1.807) is 6.08 Å². The molecule has 1 aromatic heterocycles. The summed E-state index contributed by atoms with van der Waals surface area (Å²) in [5.41, 5.74) is 2.12. The predicted molar refractivity (Wildman–Crippen MR) is 66.4 cm³/mol. The molecule has 1 aromatic carbocycles. The average Bonchev–Trinajstić information content (AvgIpc) is 2.78. The molecule has 1 heterocycles. The first-order valence-corrected chi connectivity index (χ1v) is 5.50. The summed E-state index contributed by atoms with van der Waals surface area (Å²) in [5.74, 6) is 1.15. The fraction of sp³-hybridized carbons (Fsp3) is 0.231. The van der Waals surface area contributed by atoms with Crippen molar-refractivity contribution in [1.29, 1.82) is 0 Å². The van der Waals surface area contributed by atoms with Crippen LogP contribution in [0.15, 0.2) is 41.3 Å². The first-order chi connectivity index (χ1) is 8.29. The quantitative estimate of drug-likeness (QED) is 0.631. The van der Waals surface area contributed by atoms with Gasteiger partial charge in [0.05, 0.1) is 6.54 Å². The van der Waals surface area contributed by atoms with Crippen LogP contribution in [0.1, 0.15) is 11.5 Å². The maximum Gasteiger partial charge on any atom is 0.247 e. The SMILES string of the molecule is C=CCNCc1nnc(-c2cccc(C)c2)o1. The van der Waals surface area contributed by atoms with Crippen LogP contribution in [-0.4, -0.2) is 16.7 Å². The molecule has 0 fully saturated rings. The molecule has 2 rings (SSSR count). The van der Waals surface area contributed by atoms with E-state index in [2.05, 4.69) is 22.1 Å². The smallest absolute Gasteiger partial charge is 0.247 e. The second-order valence-corrected chi connectivity index (χ2v) is 3.79. The van der Waals surface area contributed by atoms with E-state index in [1.807, 2.05) is 31.2 Å². The van der Waals surface area contributed by atoms with Crippen LogP contribution in [0, 0.1) is 6.92 Å². The van der Waals surface area contributed by atoms with E-state index in [0.717, 1.165) is 12.1 Å². The van der Waals surface area contributed by atoms with Gasteiger partial charge in [-0.15, -0.1) is 16.8 Å². The Hall–Kier alpha value is -1.94. The molecular formula is C13H15N3O. The second kappa shape index (κ2) is 5.41. The Labute approximate surface area is 100 Å². The van der Waals surface area contributed by atoms with Crippen LogP contribution >= 0.6 is 0 Å². The first kappa shape index (κ1) is 11.5. The summed E-state index contributed by atoms with van der Waals surface area (Å²) in [6, 6.07) is 7.99. The van der Waals surface area contributed by atoms with Crippen LogP contribution in [0.4, 0.5) is 0 Å². The van der Waals surface area contributed by atoms with Crippen molar-refractivity contribution in [3.8, 4) is 11.5 Å². The highest BCUT2D eigenvalue weighted by atomic mass is 16.4. The van der Waals surface area contributed by atoms with Crippen LogP contribution in [-0.2, 0) is 6.54 Å². The number of aryl methyl sites for hydroxylation is 1. The van der Waals surface area contributed by atoms with Crippen molar-refractivity contribution in [2.24, 2.45) is 0 Å². The van der Waals surface area contributed by atoms with Crippen LogP contribution in [0.5, 0.6) is 0 Å². The molecule has 4 nitrogen and oxygen atoms in total. The van der Waals surface area contributed by atoms with Crippen molar-refractivity contribution in [2.75, 3.05) is 6.54 Å². The molecule has 0 bridgehead atoms. The molecule has 0 spiro atoms. The number of nitrogens with one attached hydrogen (secondary N) is 1. The van der Waals surface area contributed by atoms with Crippen molar-refractivity contribution in [3.05, 3.63) is 48.4 Å². The average molecular weight is 229 g/mol. The second-order valence-electron chi connectivity index (χ2n) is 3.79. The molecule has 2 aromatic rings. The van der Waals surface area contributed by atoms with Crippen LogP contribution in [0.2, 0.25) is 0 Å². The van der Waals surface area contributed by atoms with Gasteiger partial charge in [0.2, 0.25) is 11.8 Å². The molecule has 0 atom stereocenters. The van der Waals surface area contributed by atoms with Gasteiger partial charge in [0.15, 0.2) is 0 Å². The van der Waals surface area contributed by atoms with Crippen molar-refractivity contribution < 1.29 is 4.42 Å². The Balaban J connectivity index is 2.10. The summed E-state index contributed by atoms with van der Waals surface area (Å²) in [4.78, 5) is 0. The Morgan fingerprint density at radius 2 is 2.29 bits per heavy atom. The maximum absolute atomic E-state index is 5.55. The molecule has 0 amide bonds. The third-order valence-corrected chi connectivity index (χ3v) is 2.30. The molecule has 4 heteroatoms. The van der Waals surface area contributed by atoms with Crippen molar-refractivity contribution in [3.63, 3.8) is 0 Å². The topological polar surface area (TPSA) is 51.0 Å². The molecule has 0 aliphatic heterocycles. The van der Waals surface area contributed by atoms with Crippen LogP contribution < -0.4 is 5.32 Å². The zero-order valence-electron chi connectivity index (χ0n) is 9.81. The van der Waals surface area contributed by atoms with Crippen molar-refractivity contribution in [2.45, 2.75) is 13.5 Å². The van der Waals surface area contributed by atoms with Crippen molar-refractivity contribution in [1.82, 2.24) is 15.5 Å². The number of hydrogen-bond donors (Lipinski definition) is 1. The number of nitrogens with zero attached hydrogens (tertiary/aromatic N) is 2. The van der Waals surface area contributed by atoms with E-state index < -0.39 is 0 Å². The van der Waals surface area contributed by atoms with Gasteiger partial charge in [0.1, 0.15) is 0 Å². The summed E-state index contributed by atoms with van der Waals surface area (Å²) < 4.78 is 5.55. The number of hydrogen-bond acceptors (Lipinski definition) is 4. The Morgan fingerprint density at radius 1 is 1.41 bits per heavy atom. The summed E-state index contributed by atoms with van der Waals surface area (Å²) in [7, 11) is 0. The molecule has 1 N–H and O–H groups in total. The molecule has 0 saturated heterocycles. The lowest BCUT2D eigenvalue weighted by Gasteiger charge is -1.97. The molecular weight excluding hydrogens is 214 g/mol. The summed E-state index contributed by atoms with van der Waals surface area (Å²) in [5, 5.41) is 11.1. The summed E-state index contributed by atoms with van der Waals surface area (Å²) in [6.45, 7) is 6.94. The molecule has 0 aliphatic rings. The van der Waals surface area contributed by atoms with E-state index >= 15 is 0 Å². The highest BCUT2D eigenvalue weighted by molar-refractivity contribution is 5.53. The van der Waals surface area contributed by atoms with Gasteiger partial charge < -0.3 is 9.73 Å². The summed E-state index contributed by atoms with van der Waals surface area (Å²) >= 11 is 0. The minimum Gasteiger partial charge on any atom is -0.419 e. The van der Waals surface area contributed by atoms with E-state index in [1.165, 1.54) is 5.56 Å². The van der Waals surface area contributed by atoms with Gasteiger partial charge in [-0.25, -0.2) is 0 Å². The molecule has 0 aliphatic carbocycles. The largest absolute Gasteiger partial charge is 0.419 e. The van der Waals surface area contributed by atoms with Gasteiger partial charge >= 0.3 is 0 Å². The predicted octanol–water partition coefficient (Wildman–Crippen LogP) is 2.32. The van der Waals surface area contributed by atoms with Gasteiger partial charge in [-0.05, 0) is 19.1 Å². The van der Waals surface area contributed by atoms with E-state index in [9.17, 15) is 0 Å². The van der Waals surface area contributed by atoms with Crippen LogP contribution in [0.3, 0.4) is 0 Å². The fourth-order valence-corrected chi connectivity index (χ4v) is 1.50. The lowest BCUT2D eigenvalue weighted by Crippen LogP contribution is -2.12. The van der Waals surface area contributed by atoms with Crippen molar-refractivity contribution >= 4 is 0 Å². The Morgan fingerprint density at radius 3 is 3.06 bits per heavy atom. The lowest BCUT2D eigenvalue weighted by molar-refractivity contribution is 0.485. The monoisotopic (exact) mass is 229 g/mol. The lowest BCUT2D eigenvalue weighted by atomic mass is 10.1. The third kappa shape index (κ3) is 3.01. The standard InChI is InChI=1S/C13H15N3O/c1-3-7-14-9-12-15-16-13(17-12)11-6-4-5-10(2)8-11/h3-6,8,14H,1,7,9H2,2H3. The molecule has 17 heavy (non-hydrogen) atoms. The molecule has 0 unspecified atom stereocenters. The van der Waals surface area contributed by atoms with E-state index in [-0.39, 0.29) is 0 Å². The minimum atomic E-state index is 0.559. The minimum absolute atomic E-state index is 0.559. The molecule has 88 valence electrons. The first-order valence-electron chi connectivity index (χ1n) is 5.50. The normalized spacial score (nSPS) is 10.4. The zero-order chi connectivity index (χ0) is 12.1. The number of aromatic nitrogens is 2. The number of rotatable bonds is 5. The third-order valence-electron chi connectivity index (χ3n) is 2.30. The maximum atomic E-state index is 5.55. The Kier molecular flexibility index (Phi) is 3.67. The van der Waals surface area contributed by atoms with Gasteiger partial charge in [0.25, 0.3) is 0 Å². The highest BCUT2D eigenvalue weighted by Crippen LogP contribution is 2.18. The molecule has 0 saturated carbocycles. The Bertz CT molecular complexity index is 505. The van der Waals surface area contributed by atoms with Gasteiger partial charge in [-0.1, -0.05) is 23.8 Å².